The molecule has 1 fully saturated rings. The summed E-state index contributed by atoms with van der Waals surface area (Å²) in [6, 6.07) is 5.27. The van der Waals surface area contributed by atoms with Crippen LogP contribution in [0.1, 0.15) is 5.69 Å². The zero-order valence-electron chi connectivity index (χ0n) is 8.71. The lowest BCUT2D eigenvalue weighted by Gasteiger charge is -2.06. The summed E-state index contributed by atoms with van der Waals surface area (Å²) in [5.74, 6) is 0.400. The Kier molecular flexibility index (Phi) is 3.09. The van der Waals surface area contributed by atoms with Gasteiger partial charge in [-0.3, -0.25) is 14.7 Å². The number of carbonyl (C=O) groups is 2. The molecule has 1 aromatic rings. The molecule has 1 aromatic heterocycles. The Balaban J connectivity index is 1.92. The molecule has 1 aliphatic heterocycles. The summed E-state index contributed by atoms with van der Waals surface area (Å²) >= 11 is 1.37. The first-order chi connectivity index (χ1) is 7.68. The summed E-state index contributed by atoms with van der Waals surface area (Å²) in [5, 5.41) is 2.11. The number of rotatable bonds is 3. The number of urea groups is 1. The lowest BCUT2D eigenvalue weighted by atomic mass is 10.4. The Bertz CT molecular complexity index is 410. The molecule has 5 nitrogen and oxygen atoms in total. The van der Waals surface area contributed by atoms with Crippen molar-refractivity contribution in [3.8, 4) is 0 Å². The molecular formula is C10H11N3O2S. The summed E-state index contributed by atoms with van der Waals surface area (Å²) in [6.45, 7) is 0. The van der Waals surface area contributed by atoms with E-state index in [0.717, 1.165) is 10.6 Å². The number of aromatic nitrogens is 1. The average molecular weight is 237 g/mol. The molecule has 84 valence electrons. The number of nitrogens with one attached hydrogen (secondary N) is 1. The molecule has 0 bridgehead atoms. The van der Waals surface area contributed by atoms with E-state index in [1.54, 1.807) is 6.20 Å². The molecule has 3 amide bonds. The van der Waals surface area contributed by atoms with Crippen molar-refractivity contribution in [2.75, 3.05) is 7.05 Å². The van der Waals surface area contributed by atoms with Gasteiger partial charge >= 0.3 is 6.03 Å². The van der Waals surface area contributed by atoms with Gasteiger partial charge in [-0.2, -0.15) is 0 Å². The van der Waals surface area contributed by atoms with Crippen molar-refractivity contribution in [1.29, 1.82) is 0 Å². The van der Waals surface area contributed by atoms with Crippen molar-refractivity contribution in [1.82, 2.24) is 15.2 Å². The van der Waals surface area contributed by atoms with Crippen LogP contribution < -0.4 is 5.32 Å². The van der Waals surface area contributed by atoms with Gasteiger partial charge in [0.2, 0.25) is 0 Å². The van der Waals surface area contributed by atoms with Crippen LogP contribution in [0.15, 0.2) is 24.4 Å². The van der Waals surface area contributed by atoms with Crippen molar-refractivity contribution < 1.29 is 9.59 Å². The third-order valence-electron chi connectivity index (χ3n) is 2.24. The third kappa shape index (κ3) is 2.16. The van der Waals surface area contributed by atoms with Crippen molar-refractivity contribution in [3.05, 3.63) is 30.1 Å². The number of amides is 3. The number of thioether (sulfide) groups is 1. The zero-order chi connectivity index (χ0) is 11.5. The second-order valence-corrected chi connectivity index (χ2v) is 4.45. The number of imide groups is 1. The van der Waals surface area contributed by atoms with Gasteiger partial charge in [0.1, 0.15) is 0 Å². The van der Waals surface area contributed by atoms with Gasteiger partial charge in [0, 0.05) is 19.0 Å². The molecule has 0 radical (unpaired) electrons. The summed E-state index contributed by atoms with van der Waals surface area (Å²) in [7, 11) is 1.47. The Labute approximate surface area is 97.2 Å². The van der Waals surface area contributed by atoms with Gasteiger partial charge in [-0.25, -0.2) is 4.79 Å². The van der Waals surface area contributed by atoms with Gasteiger partial charge in [0.25, 0.3) is 5.91 Å². The number of likely N-dealkylation sites (N-methyl/N-ethyl adjacent to an activating group) is 1. The largest absolute Gasteiger partial charge is 0.325 e. The molecule has 2 heterocycles. The Morgan fingerprint density at radius 2 is 2.31 bits per heavy atom. The van der Waals surface area contributed by atoms with E-state index in [9.17, 15) is 9.59 Å². The molecule has 0 aliphatic carbocycles. The van der Waals surface area contributed by atoms with E-state index in [4.69, 9.17) is 0 Å². The number of nitrogens with zero attached hydrogens (tertiary/aromatic N) is 2. The SMILES string of the molecule is CN1C(=O)NC(SCc2ccccn2)C1=O. The number of hydrogen-bond acceptors (Lipinski definition) is 4. The smallest absolute Gasteiger partial charge is 0.317 e. The molecule has 6 heteroatoms. The molecule has 2 rings (SSSR count). The Morgan fingerprint density at radius 3 is 2.88 bits per heavy atom. The van der Waals surface area contributed by atoms with Gasteiger partial charge in [0.05, 0.1) is 5.69 Å². The number of carbonyl (C=O) groups excluding carboxylic acids is 2. The van der Waals surface area contributed by atoms with Crippen LogP contribution in [-0.4, -0.2) is 34.2 Å². The first-order valence-electron chi connectivity index (χ1n) is 4.78. The van der Waals surface area contributed by atoms with Crippen LogP contribution >= 0.6 is 11.8 Å². The minimum Gasteiger partial charge on any atom is -0.317 e. The maximum Gasteiger partial charge on any atom is 0.325 e. The van der Waals surface area contributed by atoms with Gasteiger partial charge < -0.3 is 5.32 Å². The van der Waals surface area contributed by atoms with E-state index in [1.165, 1.54) is 18.8 Å². The molecule has 0 saturated carbocycles. The summed E-state index contributed by atoms with van der Waals surface area (Å²) in [4.78, 5) is 27.9. The van der Waals surface area contributed by atoms with Crippen LogP contribution in [-0.2, 0) is 10.5 Å². The highest BCUT2D eigenvalue weighted by Crippen LogP contribution is 2.19. The van der Waals surface area contributed by atoms with Crippen molar-refractivity contribution in [3.63, 3.8) is 0 Å². The molecule has 16 heavy (non-hydrogen) atoms. The second-order valence-electron chi connectivity index (χ2n) is 3.36. The van der Waals surface area contributed by atoms with Crippen LogP contribution in [0.5, 0.6) is 0 Å². The highest BCUT2D eigenvalue weighted by molar-refractivity contribution is 7.99. The fraction of sp³-hybridized carbons (Fsp3) is 0.300. The molecule has 1 aliphatic rings. The normalized spacial score (nSPS) is 20.1. The predicted octanol–water partition coefficient (Wildman–Crippen LogP) is 0.823. The third-order valence-corrected chi connectivity index (χ3v) is 3.35. The second kappa shape index (κ2) is 4.52. The van der Waals surface area contributed by atoms with Crippen LogP contribution in [0.25, 0.3) is 0 Å². The van der Waals surface area contributed by atoms with Gasteiger partial charge in [-0.1, -0.05) is 6.07 Å². The Morgan fingerprint density at radius 1 is 1.50 bits per heavy atom. The quantitative estimate of drug-likeness (QED) is 0.791. The lowest BCUT2D eigenvalue weighted by Crippen LogP contribution is -2.26. The van der Waals surface area contributed by atoms with E-state index < -0.39 is 5.37 Å². The van der Waals surface area contributed by atoms with Crippen molar-refractivity contribution in [2.45, 2.75) is 11.1 Å². The molecule has 1 N–H and O–H groups in total. The number of pyridine rings is 1. The van der Waals surface area contributed by atoms with E-state index in [0.29, 0.717) is 5.75 Å². The number of hydrogen-bond donors (Lipinski definition) is 1. The van der Waals surface area contributed by atoms with Crippen molar-refractivity contribution >= 4 is 23.7 Å². The van der Waals surface area contributed by atoms with Gasteiger partial charge in [-0.05, 0) is 12.1 Å². The van der Waals surface area contributed by atoms with Crippen LogP contribution in [0.2, 0.25) is 0 Å². The van der Waals surface area contributed by atoms with Crippen LogP contribution in [0.4, 0.5) is 4.79 Å². The minimum absolute atomic E-state index is 0.203. The summed E-state index contributed by atoms with van der Waals surface area (Å²) in [6.07, 6.45) is 1.71. The van der Waals surface area contributed by atoms with Gasteiger partial charge in [0.15, 0.2) is 5.37 Å². The topological polar surface area (TPSA) is 62.3 Å². The van der Waals surface area contributed by atoms with Crippen molar-refractivity contribution in [2.24, 2.45) is 0 Å². The van der Waals surface area contributed by atoms with E-state index in [2.05, 4.69) is 10.3 Å². The predicted molar refractivity (Wildman–Crippen MR) is 60.6 cm³/mol. The zero-order valence-corrected chi connectivity index (χ0v) is 9.53. The summed E-state index contributed by atoms with van der Waals surface area (Å²) < 4.78 is 0. The molecular weight excluding hydrogens is 226 g/mol. The van der Waals surface area contributed by atoms with E-state index in [-0.39, 0.29) is 11.9 Å². The fourth-order valence-corrected chi connectivity index (χ4v) is 2.30. The lowest BCUT2D eigenvalue weighted by molar-refractivity contribution is -0.124. The maximum absolute atomic E-state index is 11.5. The van der Waals surface area contributed by atoms with Gasteiger partial charge in [-0.15, -0.1) is 11.8 Å². The fourth-order valence-electron chi connectivity index (χ4n) is 1.31. The standard InChI is InChI=1S/C10H11N3O2S/c1-13-9(14)8(12-10(13)15)16-6-7-4-2-3-5-11-7/h2-5,8H,6H2,1H3,(H,12,15). The first kappa shape index (κ1) is 10.9. The Hall–Kier alpha value is -1.56. The summed E-state index contributed by atoms with van der Waals surface area (Å²) in [5.41, 5.74) is 0.893. The highest BCUT2D eigenvalue weighted by atomic mass is 32.2. The monoisotopic (exact) mass is 237 g/mol. The van der Waals surface area contributed by atoms with Crippen LogP contribution in [0, 0.1) is 0 Å². The minimum atomic E-state index is -0.487. The maximum atomic E-state index is 11.5. The average Bonchev–Trinajstić information content (AvgIpc) is 2.56. The van der Waals surface area contributed by atoms with E-state index in [1.807, 2.05) is 18.2 Å². The molecule has 0 aromatic carbocycles. The molecule has 1 unspecified atom stereocenters. The van der Waals surface area contributed by atoms with E-state index >= 15 is 0 Å². The molecule has 1 saturated heterocycles. The molecule has 1 atom stereocenters. The highest BCUT2D eigenvalue weighted by Gasteiger charge is 2.35. The van der Waals surface area contributed by atoms with Crippen LogP contribution in [0.3, 0.4) is 0 Å². The first-order valence-corrected chi connectivity index (χ1v) is 5.83. The molecule has 0 spiro atoms.